The molecule has 0 atom stereocenters. The number of benzene rings is 3. The Balaban J connectivity index is 2.01. The lowest BCUT2D eigenvalue weighted by molar-refractivity contribution is 0.103. The predicted octanol–water partition coefficient (Wildman–Crippen LogP) is 4.38. The van der Waals surface area contributed by atoms with Gasteiger partial charge in [0.15, 0.2) is 5.78 Å². The number of sulfonamides is 1. The number of nitrogens with one attached hydrogen (secondary N) is 1. The summed E-state index contributed by atoms with van der Waals surface area (Å²) in [6.07, 6.45) is 0. The lowest BCUT2D eigenvalue weighted by Crippen LogP contribution is -2.16. The average Bonchev–Trinajstić information content (AvgIpc) is 2.69. The number of halogens is 1. The van der Waals surface area contributed by atoms with Gasteiger partial charge in [-0.3, -0.25) is 9.52 Å². The van der Waals surface area contributed by atoms with Crippen LogP contribution in [0.5, 0.6) is 5.75 Å². The van der Waals surface area contributed by atoms with Gasteiger partial charge in [0.05, 0.1) is 17.7 Å². The summed E-state index contributed by atoms with van der Waals surface area (Å²) in [6.45, 7) is 0. The molecule has 27 heavy (non-hydrogen) atoms. The van der Waals surface area contributed by atoms with Gasteiger partial charge in [-0.2, -0.15) is 0 Å². The number of methoxy groups -OCH3 is 1. The molecule has 1 N–H and O–H groups in total. The number of carbonyl (C=O) groups is 1. The summed E-state index contributed by atoms with van der Waals surface area (Å²) in [6, 6.07) is 19.1. The maximum atomic E-state index is 12.8. The maximum Gasteiger partial charge on any atom is 0.262 e. The predicted molar refractivity (Wildman–Crippen MR) is 105 cm³/mol. The third-order valence-electron chi connectivity index (χ3n) is 3.86. The fourth-order valence-corrected chi connectivity index (χ4v) is 3.80. The molecule has 0 heterocycles. The monoisotopic (exact) mass is 401 g/mol. The van der Waals surface area contributed by atoms with Gasteiger partial charge in [0, 0.05) is 22.2 Å². The molecule has 5 nitrogen and oxygen atoms in total. The molecule has 3 aromatic rings. The Labute approximate surface area is 162 Å². The number of ketones is 1. The number of carbonyl (C=O) groups excluding carboxylic acids is 1. The van der Waals surface area contributed by atoms with Crippen LogP contribution in [0.3, 0.4) is 0 Å². The molecule has 3 rings (SSSR count). The summed E-state index contributed by atoms with van der Waals surface area (Å²) >= 11 is 6.03. The van der Waals surface area contributed by atoms with Crippen LogP contribution < -0.4 is 9.46 Å². The normalized spacial score (nSPS) is 11.0. The number of anilines is 1. The number of rotatable bonds is 6. The second-order valence-corrected chi connectivity index (χ2v) is 7.79. The SMILES string of the molecule is COc1cccc(S(=O)(=O)Nc2ccc(Cl)cc2C(=O)c2ccccc2)c1. The van der Waals surface area contributed by atoms with Crippen molar-refractivity contribution < 1.29 is 17.9 Å². The summed E-state index contributed by atoms with van der Waals surface area (Å²) < 4.78 is 33.1. The van der Waals surface area contributed by atoms with Gasteiger partial charge in [0.1, 0.15) is 5.75 Å². The third-order valence-corrected chi connectivity index (χ3v) is 5.46. The molecule has 0 aromatic heterocycles. The van der Waals surface area contributed by atoms with Crippen LogP contribution in [0.1, 0.15) is 15.9 Å². The van der Waals surface area contributed by atoms with Crippen LogP contribution >= 0.6 is 11.6 Å². The van der Waals surface area contributed by atoms with Crippen molar-refractivity contribution in [3.8, 4) is 5.75 Å². The van der Waals surface area contributed by atoms with Crippen molar-refractivity contribution >= 4 is 33.1 Å². The highest BCUT2D eigenvalue weighted by Gasteiger charge is 2.20. The van der Waals surface area contributed by atoms with Crippen molar-refractivity contribution in [2.75, 3.05) is 11.8 Å². The molecular formula is C20H16ClNO4S. The summed E-state index contributed by atoms with van der Waals surface area (Å²) in [5.41, 5.74) is 0.748. The molecule has 138 valence electrons. The van der Waals surface area contributed by atoms with Gasteiger partial charge in [0.2, 0.25) is 0 Å². The molecule has 0 radical (unpaired) electrons. The zero-order valence-electron chi connectivity index (χ0n) is 14.3. The summed E-state index contributed by atoms with van der Waals surface area (Å²) in [5, 5.41) is 0.332. The smallest absolute Gasteiger partial charge is 0.262 e. The molecular weight excluding hydrogens is 386 g/mol. The molecule has 0 fully saturated rings. The minimum atomic E-state index is -3.92. The summed E-state index contributed by atoms with van der Waals surface area (Å²) in [4.78, 5) is 12.9. The first-order chi connectivity index (χ1) is 12.9. The van der Waals surface area contributed by atoms with Crippen LogP contribution in [0.25, 0.3) is 0 Å². The lowest BCUT2D eigenvalue weighted by atomic mass is 10.0. The molecule has 0 saturated heterocycles. The van der Waals surface area contributed by atoms with Gasteiger partial charge in [-0.05, 0) is 30.3 Å². The zero-order chi connectivity index (χ0) is 19.4. The Morgan fingerprint density at radius 1 is 0.963 bits per heavy atom. The number of hydrogen-bond acceptors (Lipinski definition) is 4. The molecule has 7 heteroatoms. The van der Waals surface area contributed by atoms with Crippen molar-refractivity contribution in [2.24, 2.45) is 0 Å². The molecule has 0 spiro atoms. The van der Waals surface area contributed by atoms with E-state index in [1.807, 2.05) is 0 Å². The Hall–Kier alpha value is -2.83. The zero-order valence-corrected chi connectivity index (χ0v) is 15.9. The van der Waals surface area contributed by atoms with Crippen molar-refractivity contribution in [3.63, 3.8) is 0 Å². The number of hydrogen-bond donors (Lipinski definition) is 1. The minimum absolute atomic E-state index is 0.0231. The molecule has 0 aliphatic rings. The van der Waals surface area contributed by atoms with E-state index in [1.54, 1.807) is 42.5 Å². The van der Waals surface area contributed by atoms with Crippen LogP contribution in [-0.2, 0) is 10.0 Å². The second-order valence-electron chi connectivity index (χ2n) is 5.67. The summed E-state index contributed by atoms with van der Waals surface area (Å²) in [7, 11) is -2.47. The fourth-order valence-electron chi connectivity index (χ4n) is 2.51. The second kappa shape index (κ2) is 7.82. The van der Waals surface area contributed by atoms with E-state index in [9.17, 15) is 13.2 Å². The Morgan fingerprint density at radius 2 is 1.70 bits per heavy atom. The lowest BCUT2D eigenvalue weighted by Gasteiger charge is -2.13. The van der Waals surface area contributed by atoms with Crippen molar-refractivity contribution in [1.82, 2.24) is 0 Å². The molecule has 0 aliphatic carbocycles. The van der Waals surface area contributed by atoms with Gasteiger partial charge in [-0.25, -0.2) is 8.42 Å². The van der Waals surface area contributed by atoms with Crippen LogP contribution in [0, 0.1) is 0 Å². The van der Waals surface area contributed by atoms with Crippen LogP contribution in [-0.4, -0.2) is 21.3 Å². The van der Waals surface area contributed by atoms with Gasteiger partial charge in [-0.1, -0.05) is 48.0 Å². The highest BCUT2D eigenvalue weighted by atomic mass is 35.5. The van der Waals surface area contributed by atoms with E-state index in [-0.39, 0.29) is 21.9 Å². The van der Waals surface area contributed by atoms with Crippen molar-refractivity contribution in [1.29, 1.82) is 0 Å². The Morgan fingerprint density at radius 3 is 2.41 bits per heavy atom. The highest BCUT2D eigenvalue weighted by molar-refractivity contribution is 7.92. The van der Waals surface area contributed by atoms with Crippen LogP contribution in [0.4, 0.5) is 5.69 Å². The van der Waals surface area contributed by atoms with Gasteiger partial charge in [0.25, 0.3) is 10.0 Å². The van der Waals surface area contributed by atoms with Crippen molar-refractivity contribution in [2.45, 2.75) is 4.90 Å². The fraction of sp³-hybridized carbons (Fsp3) is 0.0500. The largest absolute Gasteiger partial charge is 0.497 e. The van der Waals surface area contributed by atoms with E-state index in [2.05, 4.69) is 4.72 Å². The van der Waals surface area contributed by atoms with E-state index < -0.39 is 10.0 Å². The molecule has 0 saturated carbocycles. The van der Waals surface area contributed by atoms with Gasteiger partial charge < -0.3 is 4.74 Å². The quantitative estimate of drug-likeness (QED) is 0.622. The first kappa shape index (κ1) is 18.9. The van der Waals surface area contributed by atoms with Crippen LogP contribution in [0.2, 0.25) is 5.02 Å². The standard InChI is InChI=1S/C20H16ClNO4S/c1-26-16-8-5-9-17(13-16)27(24,25)22-19-11-10-15(21)12-18(19)20(23)14-6-3-2-4-7-14/h2-13,22H,1H3. The van der Waals surface area contributed by atoms with Crippen molar-refractivity contribution in [3.05, 3.63) is 88.9 Å². The topological polar surface area (TPSA) is 72.5 Å². The molecule has 0 aliphatic heterocycles. The highest BCUT2D eigenvalue weighted by Crippen LogP contribution is 2.27. The summed E-state index contributed by atoms with van der Waals surface area (Å²) in [5.74, 6) is 0.0796. The first-order valence-electron chi connectivity index (χ1n) is 7.97. The van der Waals surface area contributed by atoms with Gasteiger partial charge >= 0.3 is 0 Å². The Bertz CT molecular complexity index is 1080. The van der Waals surface area contributed by atoms with E-state index in [4.69, 9.17) is 16.3 Å². The third kappa shape index (κ3) is 4.30. The van der Waals surface area contributed by atoms with Crippen LogP contribution in [0.15, 0.2) is 77.7 Å². The van der Waals surface area contributed by atoms with Gasteiger partial charge in [-0.15, -0.1) is 0 Å². The molecule has 0 bridgehead atoms. The van der Waals surface area contributed by atoms with E-state index >= 15 is 0 Å². The van der Waals surface area contributed by atoms with E-state index in [0.717, 1.165) is 0 Å². The first-order valence-corrected chi connectivity index (χ1v) is 9.83. The Kier molecular flexibility index (Phi) is 5.48. The molecule has 0 unspecified atom stereocenters. The number of ether oxygens (including phenoxy) is 1. The maximum absolute atomic E-state index is 12.8. The van der Waals surface area contributed by atoms with E-state index in [0.29, 0.717) is 16.3 Å². The average molecular weight is 402 g/mol. The molecule has 3 aromatic carbocycles. The molecule has 0 amide bonds. The van der Waals surface area contributed by atoms with E-state index in [1.165, 1.54) is 37.4 Å². The minimum Gasteiger partial charge on any atom is -0.497 e.